The van der Waals surface area contributed by atoms with Crippen LogP contribution in [0.1, 0.15) is 39.6 Å². The summed E-state index contributed by atoms with van der Waals surface area (Å²) >= 11 is 3.44. The minimum Gasteiger partial charge on any atom is -0.377 e. The van der Waals surface area contributed by atoms with Crippen LogP contribution in [0.25, 0.3) is 10.9 Å². The second-order valence-corrected chi connectivity index (χ2v) is 10.1. The molecule has 4 aromatic rings. The lowest BCUT2D eigenvalue weighted by Crippen LogP contribution is -2.29. The Hall–Kier alpha value is -2.54. The number of aromatic nitrogens is 1. The van der Waals surface area contributed by atoms with Crippen molar-refractivity contribution in [3.63, 3.8) is 0 Å². The van der Waals surface area contributed by atoms with Crippen molar-refractivity contribution in [3.8, 4) is 0 Å². The molecule has 1 saturated heterocycles. The number of fused-ring (bicyclic) bond motifs is 1. The van der Waals surface area contributed by atoms with Crippen LogP contribution in [0.15, 0.2) is 77.1 Å². The highest BCUT2D eigenvalue weighted by Gasteiger charge is 2.22. The van der Waals surface area contributed by atoms with Crippen molar-refractivity contribution in [2.45, 2.75) is 29.8 Å². The van der Waals surface area contributed by atoms with Gasteiger partial charge in [0.05, 0.1) is 11.7 Å². The van der Waals surface area contributed by atoms with Crippen LogP contribution in [0, 0.1) is 0 Å². The van der Waals surface area contributed by atoms with E-state index in [2.05, 4.69) is 52.2 Å². The summed E-state index contributed by atoms with van der Waals surface area (Å²) in [5, 5.41) is 6.51. The summed E-state index contributed by atoms with van der Waals surface area (Å²) in [6.07, 6.45) is 4.60. The first-order valence-corrected chi connectivity index (χ1v) is 12.9. The van der Waals surface area contributed by atoms with Gasteiger partial charge < -0.3 is 15.0 Å². The number of thioether (sulfide) groups is 1. The van der Waals surface area contributed by atoms with Crippen molar-refractivity contribution in [1.82, 2.24) is 10.3 Å². The Balaban J connectivity index is 1.33. The zero-order chi connectivity index (χ0) is 21.8. The predicted octanol–water partition coefficient (Wildman–Crippen LogP) is 6.06. The minimum atomic E-state index is -0.0261. The Morgan fingerprint density at radius 2 is 2.03 bits per heavy atom. The molecule has 0 bridgehead atoms. The Labute approximate surface area is 196 Å². The van der Waals surface area contributed by atoms with Crippen LogP contribution in [0.3, 0.4) is 0 Å². The van der Waals surface area contributed by atoms with Gasteiger partial charge in [-0.15, -0.1) is 23.1 Å². The molecule has 2 N–H and O–H groups in total. The van der Waals surface area contributed by atoms with E-state index in [-0.39, 0.29) is 11.8 Å². The number of nitrogens with one attached hydrogen (secondary N) is 2. The maximum atomic E-state index is 13.2. The van der Waals surface area contributed by atoms with Crippen molar-refractivity contribution < 1.29 is 9.53 Å². The first-order valence-electron chi connectivity index (χ1n) is 11.0. The molecule has 3 heterocycles. The first kappa shape index (κ1) is 21.3. The monoisotopic (exact) mass is 462 g/mol. The Morgan fingerprint density at radius 1 is 1.16 bits per heavy atom. The molecule has 2 aromatic heterocycles. The summed E-state index contributed by atoms with van der Waals surface area (Å²) in [4.78, 5) is 18.8. The zero-order valence-corrected chi connectivity index (χ0v) is 19.4. The second kappa shape index (κ2) is 9.94. The van der Waals surface area contributed by atoms with Gasteiger partial charge >= 0.3 is 0 Å². The number of benzene rings is 2. The van der Waals surface area contributed by atoms with Gasteiger partial charge in [0.1, 0.15) is 0 Å². The van der Waals surface area contributed by atoms with Gasteiger partial charge in [0.2, 0.25) is 0 Å². The third-order valence-corrected chi connectivity index (χ3v) is 8.12. The molecule has 1 aliphatic heterocycles. The molecule has 0 aliphatic carbocycles. The van der Waals surface area contributed by atoms with Gasteiger partial charge in [-0.1, -0.05) is 36.4 Å². The number of amides is 1. The van der Waals surface area contributed by atoms with Gasteiger partial charge in [0.15, 0.2) is 0 Å². The summed E-state index contributed by atoms with van der Waals surface area (Å²) in [7, 11) is 0. The topological polar surface area (TPSA) is 54.1 Å². The van der Waals surface area contributed by atoms with Gasteiger partial charge in [-0.3, -0.25) is 4.79 Å². The highest BCUT2D eigenvalue weighted by molar-refractivity contribution is 7.99. The third-order valence-electron chi connectivity index (χ3n) is 5.93. The summed E-state index contributed by atoms with van der Waals surface area (Å²) in [6.45, 7) is 1.40. The summed E-state index contributed by atoms with van der Waals surface area (Å²) < 4.78 is 5.75. The van der Waals surface area contributed by atoms with Crippen LogP contribution in [0.4, 0.5) is 0 Å². The van der Waals surface area contributed by atoms with Crippen molar-refractivity contribution in [1.29, 1.82) is 0 Å². The number of H-pyrrole nitrogens is 1. The van der Waals surface area contributed by atoms with Crippen LogP contribution in [0.5, 0.6) is 0 Å². The van der Waals surface area contributed by atoms with E-state index in [4.69, 9.17) is 4.74 Å². The number of para-hydroxylation sites is 1. The maximum Gasteiger partial charge on any atom is 0.252 e. The van der Waals surface area contributed by atoms with Gasteiger partial charge in [-0.05, 0) is 48.1 Å². The molecule has 2 aromatic carbocycles. The normalized spacial score (nSPS) is 16.9. The minimum absolute atomic E-state index is 0.0261. The van der Waals surface area contributed by atoms with E-state index in [1.807, 2.05) is 30.3 Å². The maximum absolute atomic E-state index is 13.2. The summed E-state index contributed by atoms with van der Waals surface area (Å²) in [5.74, 6) is 0.959. The van der Waals surface area contributed by atoms with Gasteiger partial charge in [0.25, 0.3) is 5.91 Å². The predicted molar refractivity (Wildman–Crippen MR) is 133 cm³/mol. The van der Waals surface area contributed by atoms with Crippen LogP contribution in [-0.4, -0.2) is 35.9 Å². The molecule has 0 spiro atoms. The summed E-state index contributed by atoms with van der Waals surface area (Å²) in [6, 6.07) is 20.4. The van der Waals surface area contributed by atoms with E-state index >= 15 is 0 Å². The standard InChI is InChI=1S/C26H26N2O2S2/c29-26(20-9-2-4-11-24(20)32-17-18-7-5-13-30-18)28-16-22(25-12-6-14-31-25)21-15-27-23-10-3-1-8-19(21)23/h1-4,6,8-12,14-15,18,22,27H,5,7,13,16-17H2,(H,28,29). The number of ether oxygens (including phenoxy) is 1. The van der Waals surface area contributed by atoms with Crippen LogP contribution in [-0.2, 0) is 4.74 Å². The van der Waals surface area contributed by atoms with Crippen molar-refractivity contribution >= 4 is 39.9 Å². The SMILES string of the molecule is O=C(NCC(c1cccs1)c1c[nH]c2ccccc12)c1ccccc1SCC1CCCO1. The highest BCUT2D eigenvalue weighted by atomic mass is 32.2. The number of thiophene rings is 1. The molecule has 0 saturated carbocycles. The third kappa shape index (κ3) is 4.63. The molecular weight excluding hydrogens is 436 g/mol. The molecule has 1 fully saturated rings. The van der Waals surface area contributed by atoms with E-state index in [9.17, 15) is 4.79 Å². The summed E-state index contributed by atoms with van der Waals surface area (Å²) in [5.41, 5.74) is 3.06. The molecule has 2 atom stereocenters. The molecule has 4 nitrogen and oxygen atoms in total. The van der Waals surface area contributed by atoms with Crippen LogP contribution >= 0.6 is 23.1 Å². The van der Waals surface area contributed by atoms with Gasteiger partial charge in [0, 0.05) is 51.7 Å². The molecule has 0 radical (unpaired) electrons. The quantitative estimate of drug-likeness (QED) is 0.313. The Morgan fingerprint density at radius 3 is 2.88 bits per heavy atom. The number of hydrogen-bond donors (Lipinski definition) is 2. The fourth-order valence-corrected chi connectivity index (χ4v) is 6.23. The average Bonchev–Trinajstić information content (AvgIpc) is 3.61. The lowest BCUT2D eigenvalue weighted by atomic mass is 9.96. The van der Waals surface area contributed by atoms with Crippen LogP contribution in [0.2, 0.25) is 0 Å². The number of carbonyl (C=O) groups excluding carboxylic acids is 1. The first-order chi connectivity index (χ1) is 15.8. The molecule has 2 unspecified atom stereocenters. The second-order valence-electron chi connectivity index (χ2n) is 8.01. The van der Waals surface area contributed by atoms with Crippen molar-refractivity contribution in [2.24, 2.45) is 0 Å². The van der Waals surface area contributed by atoms with Gasteiger partial charge in [-0.2, -0.15) is 0 Å². The fraction of sp³-hybridized carbons (Fsp3) is 0.269. The Bertz CT molecular complexity index is 1180. The number of carbonyl (C=O) groups is 1. The van der Waals surface area contributed by atoms with E-state index in [0.29, 0.717) is 12.6 Å². The largest absolute Gasteiger partial charge is 0.377 e. The average molecular weight is 463 g/mol. The zero-order valence-electron chi connectivity index (χ0n) is 17.8. The van der Waals surface area contributed by atoms with Crippen molar-refractivity contribution in [3.05, 3.63) is 88.2 Å². The lowest BCUT2D eigenvalue weighted by Gasteiger charge is -2.17. The number of aromatic amines is 1. The van der Waals surface area contributed by atoms with E-state index in [1.54, 1.807) is 23.1 Å². The van der Waals surface area contributed by atoms with Gasteiger partial charge in [-0.25, -0.2) is 0 Å². The number of hydrogen-bond acceptors (Lipinski definition) is 4. The molecule has 32 heavy (non-hydrogen) atoms. The molecule has 1 amide bonds. The highest BCUT2D eigenvalue weighted by Crippen LogP contribution is 2.33. The smallest absolute Gasteiger partial charge is 0.252 e. The molecule has 164 valence electrons. The van der Waals surface area contributed by atoms with E-state index in [1.165, 1.54) is 15.8 Å². The van der Waals surface area contributed by atoms with E-state index < -0.39 is 0 Å². The molecule has 1 aliphatic rings. The fourth-order valence-electron chi connectivity index (χ4n) is 4.26. The molecule has 5 rings (SSSR count). The van der Waals surface area contributed by atoms with E-state index in [0.717, 1.165) is 41.2 Å². The van der Waals surface area contributed by atoms with Crippen molar-refractivity contribution in [2.75, 3.05) is 18.9 Å². The Kier molecular flexibility index (Phi) is 6.62. The lowest BCUT2D eigenvalue weighted by molar-refractivity contribution is 0.0949. The molecular formula is C26H26N2O2S2. The molecule has 6 heteroatoms. The number of rotatable bonds is 8. The van der Waals surface area contributed by atoms with Crippen LogP contribution < -0.4 is 5.32 Å².